The molecular weight excluding hydrogens is 256 g/mol. The predicted octanol–water partition coefficient (Wildman–Crippen LogP) is 1.16. The number of nitrogens with zero attached hydrogens (tertiary/aromatic N) is 3. The number of unbranched alkanes of at least 4 members (excludes halogenated alkanes) is 1. The lowest BCUT2D eigenvalue weighted by Crippen LogP contribution is -2.43. The zero-order valence-corrected chi connectivity index (χ0v) is 11.0. The van der Waals surface area contributed by atoms with Crippen LogP contribution in [0, 0.1) is 0 Å². The van der Waals surface area contributed by atoms with Crippen LogP contribution in [0.15, 0.2) is 5.11 Å². The quantitative estimate of drug-likeness (QED) is 0.339. The molecule has 1 unspecified atom stereocenters. The van der Waals surface area contributed by atoms with E-state index in [4.69, 9.17) is 5.53 Å². The molecule has 0 radical (unpaired) electrons. The van der Waals surface area contributed by atoms with Crippen LogP contribution < -0.4 is 5.32 Å². The number of carbonyl (C=O) groups excluding carboxylic acids is 1. The maximum absolute atomic E-state index is 11.7. The Kier molecular flexibility index (Phi) is 5.94. The van der Waals surface area contributed by atoms with Crippen LogP contribution in [0.3, 0.4) is 0 Å². The summed E-state index contributed by atoms with van der Waals surface area (Å²) in [6, 6.07) is 0. The Bertz CT molecular complexity index is 428. The molecule has 1 rings (SSSR count). The van der Waals surface area contributed by atoms with E-state index in [0.29, 0.717) is 38.8 Å². The minimum Gasteiger partial charge on any atom is -0.355 e. The van der Waals surface area contributed by atoms with Crippen molar-refractivity contribution < 1.29 is 13.2 Å². The highest BCUT2D eigenvalue weighted by Gasteiger charge is 2.34. The second kappa shape index (κ2) is 7.23. The summed E-state index contributed by atoms with van der Waals surface area (Å²) in [4.78, 5) is 14.3. The van der Waals surface area contributed by atoms with Gasteiger partial charge in [0.2, 0.25) is 5.91 Å². The number of rotatable bonds is 6. The molecule has 1 atom stereocenters. The number of nitrogens with one attached hydrogen (secondary N) is 1. The lowest BCUT2D eigenvalue weighted by Gasteiger charge is -2.21. The van der Waals surface area contributed by atoms with Crippen LogP contribution in [0.25, 0.3) is 10.4 Å². The highest BCUT2D eigenvalue weighted by molar-refractivity contribution is 7.92. The molecule has 1 aliphatic rings. The third-order valence-corrected chi connectivity index (χ3v) is 5.09. The molecule has 0 aromatic rings. The second-order valence-corrected chi connectivity index (χ2v) is 6.61. The minimum atomic E-state index is -3.25. The van der Waals surface area contributed by atoms with E-state index in [1.165, 1.54) is 0 Å². The van der Waals surface area contributed by atoms with Gasteiger partial charge in [-0.15, -0.1) is 0 Å². The van der Waals surface area contributed by atoms with Crippen LogP contribution in [-0.4, -0.2) is 38.4 Å². The van der Waals surface area contributed by atoms with E-state index in [2.05, 4.69) is 15.3 Å². The fourth-order valence-corrected chi connectivity index (χ4v) is 3.75. The SMILES string of the molecule is [N-]=[N+]=NCCCCNC(=O)C1CCCCS1(=O)=O. The lowest BCUT2D eigenvalue weighted by molar-refractivity contribution is -0.120. The van der Waals surface area contributed by atoms with Gasteiger partial charge in [0, 0.05) is 18.0 Å². The summed E-state index contributed by atoms with van der Waals surface area (Å²) in [6.45, 7) is 0.819. The molecule has 102 valence electrons. The van der Waals surface area contributed by atoms with Crippen molar-refractivity contribution in [3.05, 3.63) is 10.4 Å². The molecule has 18 heavy (non-hydrogen) atoms. The molecule has 1 aliphatic heterocycles. The van der Waals surface area contributed by atoms with Crippen molar-refractivity contribution in [3.8, 4) is 0 Å². The number of azide groups is 1. The molecule has 0 aromatic carbocycles. The molecule has 1 N–H and O–H groups in total. The Balaban J connectivity index is 2.29. The Hall–Kier alpha value is -1.27. The smallest absolute Gasteiger partial charge is 0.238 e. The topological polar surface area (TPSA) is 112 Å². The number of amides is 1. The minimum absolute atomic E-state index is 0.113. The van der Waals surface area contributed by atoms with Crippen molar-refractivity contribution in [1.82, 2.24) is 5.32 Å². The van der Waals surface area contributed by atoms with Crippen molar-refractivity contribution >= 4 is 15.7 Å². The van der Waals surface area contributed by atoms with Gasteiger partial charge in [0.15, 0.2) is 9.84 Å². The highest BCUT2D eigenvalue weighted by Crippen LogP contribution is 2.19. The van der Waals surface area contributed by atoms with Crippen molar-refractivity contribution in [1.29, 1.82) is 0 Å². The Labute approximate surface area is 106 Å². The molecule has 1 fully saturated rings. The summed E-state index contributed by atoms with van der Waals surface area (Å²) in [5, 5.41) is 5.13. The van der Waals surface area contributed by atoms with Gasteiger partial charge in [-0.1, -0.05) is 11.5 Å². The zero-order chi connectivity index (χ0) is 13.4. The van der Waals surface area contributed by atoms with Crippen molar-refractivity contribution in [2.24, 2.45) is 5.11 Å². The molecular formula is C10H18N4O3S. The lowest BCUT2D eigenvalue weighted by atomic mass is 10.2. The van der Waals surface area contributed by atoms with Gasteiger partial charge in [-0.25, -0.2) is 8.42 Å². The third-order valence-electron chi connectivity index (χ3n) is 2.92. The van der Waals surface area contributed by atoms with E-state index < -0.39 is 21.0 Å². The monoisotopic (exact) mass is 274 g/mol. The van der Waals surface area contributed by atoms with Crippen molar-refractivity contribution in [2.45, 2.75) is 37.4 Å². The van der Waals surface area contributed by atoms with Gasteiger partial charge in [-0.3, -0.25) is 4.79 Å². The highest BCUT2D eigenvalue weighted by atomic mass is 32.2. The van der Waals surface area contributed by atoms with Gasteiger partial charge in [-0.05, 0) is 31.2 Å². The molecule has 8 heteroatoms. The number of hydrogen-bond acceptors (Lipinski definition) is 4. The van der Waals surface area contributed by atoms with E-state index >= 15 is 0 Å². The standard InChI is InChI=1S/C10H18N4O3S/c11-14-13-7-3-2-6-12-10(15)9-5-1-4-8-18(9,16)17/h9H,1-8H2,(H,12,15). The first kappa shape index (κ1) is 14.8. The largest absolute Gasteiger partial charge is 0.355 e. The molecule has 1 amide bonds. The van der Waals surface area contributed by atoms with Gasteiger partial charge in [0.1, 0.15) is 5.25 Å². The van der Waals surface area contributed by atoms with E-state index in [1.807, 2.05) is 0 Å². The first-order chi connectivity index (χ1) is 8.58. The van der Waals surface area contributed by atoms with Crippen LogP contribution in [0.4, 0.5) is 0 Å². The van der Waals surface area contributed by atoms with Crippen LogP contribution in [-0.2, 0) is 14.6 Å². The van der Waals surface area contributed by atoms with Gasteiger partial charge in [0.25, 0.3) is 0 Å². The first-order valence-electron chi connectivity index (χ1n) is 6.08. The maximum Gasteiger partial charge on any atom is 0.238 e. The molecule has 1 saturated heterocycles. The van der Waals surface area contributed by atoms with Crippen LogP contribution in [0.1, 0.15) is 32.1 Å². The molecule has 0 bridgehead atoms. The molecule has 7 nitrogen and oxygen atoms in total. The third kappa shape index (κ3) is 4.54. The zero-order valence-electron chi connectivity index (χ0n) is 10.2. The molecule has 0 spiro atoms. The van der Waals surface area contributed by atoms with Crippen LogP contribution in [0.2, 0.25) is 0 Å². The van der Waals surface area contributed by atoms with Crippen LogP contribution >= 0.6 is 0 Å². The van der Waals surface area contributed by atoms with Gasteiger partial charge in [0.05, 0.1) is 5.75 Å². The number of sulfone groups is 1. The van der Waals surface area contributed by atoms with Gasteiger partial charge < -0.3 is 5.32 Å². The second-order valence-electron chi connectivity index (χ2n) is 4.30. The number of carbonyl (C=O) groups is 1. The Morgan fingerprint density at radius 2 is 2.17 bits per heavy atom. The maximum atomic E-state index is 11.7. The fraction of sp³-hybridized carbons (Fsp3) is 0.900. The fourth-order valence-electron chi connectivity index (χ4n) is 1.93. The summed E-state index contributed by atoms with van der Waals surface area (Å²) in [5.41, 5.74) is 8.06. The predicted molar refractivity (Wildman–Crippen MR) is 67.7 cm³/mol. The van der Waals surface area contributed by atoms with Gasteiger partial charge >= 0.3 is 0 Å². The average Bonchev–Trinajstić information content (AvgIpc) is 2.32. The van der Waals surface area contributed by atoms with Crippen molar-refractivity contribution in [3.63, 3.8) is 0 Å². The number of hydrogen-bond donors (Lipinski definition) is 1. The summed E-state index contributed by atoms with van der Waals surface area (Å²) >= 11 is 0. The summed E-state index contributed by atoms with van der Waals surface area (Å²) in [5.74, 6) is -0.277. The molecule has 1 heterocycles. The molecule has 0 saturated carbocycles. The van der Waals surface area contributed by atoms with E-state index in [0.717, 1.165) is 6.42 Å². The molecule has 0 aliphatic carbocycles. The average molecular weight is 274 g/mol. The summed E-state index contributed by atoms with van der Waals surface area (Å²) < 4.78 is 23.4. The normalized spacial score (nSPS) is 21.9. The van der Waals surface area contributed by atoms with Gasteiger partial charge in [-0.2, -0.15) is 0 Å². The Morgan fingerprint density at radius 3 is 2.83 bits per heavy atom. The summed E-state index contributed by atoms with van der Waals surface area (Å²) in [7, 11) is -3.25. The Morgan fingerprint density at radius 1 is 1.39 bits per heavy atom. The summed E-state index contributed by atoms with van der Waals surface area (Å²) in [6.07, 6.45) is 3.22. The van der Waals surface area contributed by atoms with Crippen molar-refractivity contribution in [2.75, 3.05) is 18.8 Å². The van der Waals surface area contributed by atoms with Crippen LogP contribution in [0.5, 0.6) is 0 Å². The van der Waals surface area contributed by atoms with E-state index in [1.54, 1.807) is 0 Å². The van der Waals surface area contributed by atoms with E-state index in [-0.39, 0.29) is 5.75 Å². The first-order valence-corrected chi connectivity index (χ1v) is 7.79. The molecule has 0 aromatic heterocycles. The van der Waals surface area contributed by atoms with E-state index in [9.17, 15) is 13.2 Å².